The van der Waals surface area contributed by atoms with Crippen molar-refractivity contribution in [2.75, 3.05) is 24.2 Å². The smallest absolute Gasteiger partial charge is 0.183 e. The van der Waals surface area contributed by atoms with Gasteiger partial charge in [0.1, 0.15) is 0 Å². The van der Waals surface area contributed by atoms with Crippen LogP contribution < -0.4 is 10.6 Å². The highest BCUT2D eigenvalue weighted by atomic mass is 35.5. The quantitative estimate of drug-likeness (QED) is 0.516. The van der Waals surface area contributed by atoms with Gasteiger partial charge in [0.2, 0.25) is 0 Å². The van der Waals surface area contributed by atoms with Crippen molar-refractivity contribution >= 4 is 72.5 Å². The van der Waals surface area contributed by atoms with Gasteiger partial charge in [-0.15, -0.1) is 0 Å². The van der Waals surface area contributed by atoms with Gasteiger partial charge in [-0.05, 0) is 42.7 Å². The summed E-state index contributed by atoms with van der Waals surface area (Å²) in [6.45, 7) is 1.83. The van der Waals surface area contributed by atoms with Crippen LogP contribution in [0.25, 0.3) is 10.2 Å². The molecule has 27 heavy (non-hydrogen) atoms. The van der Waals surface area contributed by atoms with Crippen molar-refractivity contribution in [3.63, 3.8) is 0 Å². The van der Waals surface area contributed by atoms with Gasteiger partial charge in [-0.1, -0.05) is 58.4 Å². The van der Waals surface area contributed by atoms with E-state index in [4.69, 9.17) is 23.2 Å². The molecule has 0 amide bonds. The van der Waals surface area contributed by atoms with E-state index in [2.05, 4.69) is 44.9 Å². The molecule has 1 aromatic heterocycles. The van der Waals surface area contributed by atoms with E-state index in [0.717, 1.165) is 51.5 Å². The second-order valence-corrected chi connectivity index (χ2v) is 9.07. The molecule has 0 bridgehead atoms. The number of thiazole rings is 1. The number of aromatic nitrogens is 1. The van der Waals surface area contributed by atoms with Gasteiger partial charge >= 0.3 is 0 Å². The van der Waals surface area contributed by atoms with Gasteiger partial charge in [-0.25, -0.2) is 9.98 Å². The average Bonchev–Trinajstić information content (AvgIpc) is 3.06. The molecule has 4 nitrogen and oxygen atoms in total. The van der Waals surface area contributed by atoms with Crippen molar-refractivity contribution in [3.8, 4) is 0 Å². The Kier molecular flexibility index (Phi) is 6.08. The highest BCUT2D eigenvalue weighted by Crippen LogP contribution is 2.33. The molecule has 0 atom stereocenters. The molecule has 0 radical (unpaired) electrons. The van der Waals surface area contributed by atoms with E-state index in [1.165, 1.54) is 12.0 Å². The van der Waals surface area contributed by atoms with Gasteiger partial charge in [-0.3, -0.25) is 0 Å². The lowest BCUT2D eigenvalue weighted by molar-refractivity contribution is 0.844. The number of nitrogens with one attached hydrogen (secondary N) is 2. The number of rotatable bonds is 5. The van der Waals surface area contributed by atoms with Crippen LogP contribution in [-0.2, 0) is 6.42 Å². The van der Waals surface area contributed by atoms with Crippen LogP contribution in [0.4, 0.5) is 10.8 Å². The fourth-order valence-electron chi connectivity index (χ4n) is 2.73. The van der Waals surface area contributed by atoms with Crippen LogP contribution in [0.2, 0.25) is 10.0 Å². The molecule has 4 rings (SSSR count). The minimum atomic E-state index is 0.534. The fraction of sp³-hybridized carbons (Fsp3) is 0.263. The maximum Gasteiger partial charge on any atom is 0.183 e. The van der Waals surface area contributed by atoms with Crippen LogP contribution in [0.3, 0.4) is 0 Å². The predicted molar refractivity (Wildman–Crippen MR) is 120 cm³/mol. The molecule has 1 aliphatic heterocycles. The molecule has 0 unspecified atom stereocenters. The predicted octanol–water partition coefficient (Wildman–Crippen LogP) is 5.97. The van der Waals surface area contributed by atoms with E-state index in [9.17, 15) is 0 Å². The summed E-state index contributed by atoms with van der Waals surface area (Å²) >= 11 is 15.5. The summed E-state index contributed by atoms with van der Waals surface area (Å²) in [6.07, 6.45) is 2.12. The van der Waals surface area contributed by atoms with E-state index in [1.54, 1.807) is 29.2 Å². The van der Waals surface area contributed by atoms with E-state index >= 15 is 0 Å². The number of hydrogen-bond acceptors (Lipinski definition) is 5. The Balaban J connectivity index is 1.33. The van der Waals surface area contributed by atoms with Crippen molar-refractivity contribution in [2.24, 2.45) is 4.99 Å². The third-order valence-corrected chi connectivity index (χ3v) is 6.82. The molecule has 1 fully saturated rings. The third-order valence-electron chi connectivity index (χ3n) is 4.12. The van der Waals surface area contributed by atoms with Crippen molar-refractivity contribution in [1.29, 1.82) is 0 Å². The van der Waals surface area contributed by atoms with E-state index in [-0.39, 0.29) is 0 Å². The number of fused-ring (bicyclic) bond motifs is 1. The number of amidine groups is 1. The zero-order valence-electron chi connectivity index (χ0n) is 14.5. The normalized spacial score (nSPS) is 15.9. The number of thioether (sulfide) groups is 1. The SMILES string of the molecule is Clc1cc2nc(NCCc3ccc(/N=C4/NCCCS4)cc3)sc2cc1Cl. The maximum absolute atomic E-state index is 6.07. The summed E-state index contributed by atoms with van der Waals surface area (Å²) in [5, 5.41) is 9.71. The lowest BCUT2D eigenvalue weighted by atomic mass is 10.1. The molecule has 2 heterocycles. The van der Waals surface area contributed by atoms with Crippen LogP contribution in [0.15, 0.2) is 41.4 Å². The monoisotopic (exact) mass is 436 g/mol. The molecule has 2 N–H and O–H groups in total. The highest BCUT2D eigenvalue weighted by Gasteiger charge is 2.08. The summed E-state index contributed by atoms with van der Waals surface area (Å²) < 4.78 is 1.03. The number of benzene rings is 2. The van der Waals surface area contributed by atoms with Crippen molar-refractivity contribution < 1.29 is 0 Å². The average molecular weight is 437 g/mol. The first-order valence-electron chi connectivity index (χ1n) is 8.71. The van der Waals surface area contributed by atoms with Gasteiger partial charge in [0, 0.05) is 18.8 Å². The van der Waals surface area contributed by atoms with Crippen LogP contribution >= 0.6 is 46.3 Å². The Bertz CT molecular complexity index is 923. The maximum atomic E-state index is 6.07. The van der Waals surface area contributed by atoms with Crippen LogP contribution in [-0.4, -0.2) is 29.0 Å². The van der Waals surface area contributed by atoms with Crippen LogP contribution in [0.1, 0.15) is 12.0 Å². The fourth-order valence-corrected chi connectivity index (χ4v) is 4.88. The van der Waals surface area contributed by atoms with Crippen LogP contribution in [0, 0.1) is 0 Å². The Labute approximate surface area is 176 Å². The van der Waals surface area contributed by atoms with Gasteiger partial charge in [0.15, 0.2) is 10.3 Å². The minimum absolute atomic E-state index is 0.534. The number of hydrogen-bond donors (Lipinski definition) is 2. The number of aliphatic imine (C=N–C) groups is 1. The first kappa shape index (κ1) is 18.9. The summed E-state index contributed by atoms with van der Waals surface area (Å²) in [5.74, 6) is 1.14. The standard InChI is InChI=1S/C19H18Cl2N4S2/c20-14-10-16-17(11-15(14)21)27-19(25-16)23-8-6-12-2-4-13(5-3-12)24-18-22-7-1-9-26-18/h2-5,10-11H,1,6-9H2,(H,22,24)(H,23,25). The molecule has 2 aromatic carbocycles. The Morgan fingerprint density at radius 2 is 1.96 bits per heavy atom. The van der Waals surface area contributed by atoms with E-state index < -0.39 is 0 Å². The summed E-state index contributed by atoms with van der Waals surface area (Å²) in [4.78, 5) is 9.21. The molecule has 0 aliphatic carbocycles. The molecule has 3 aromatic rings. The number of anilines is 1. The molecule has 1 aliphatic rings. The first-order valence-corrected chi connectivity index (χ1v) is 11.3. The first-order chi connectivity index (χ1) is 13.2. The molecule has 140 valence electrons. The van der Waals surface area contributed by atoms with Crippen molar-refractivity contribution in [2.45, 2.75) is 12.8 Å². The zero-order valence-corrected chi connectivity index (χ0v) is 17.6. The van der Waals surface area contributed by atoms with Gasteiger partial charge < -0.3 is 10.6 Å². The highest BCUT2D eigenvalue weighted by molar-refractivity contribution is 8.13. The van der Waals surface area contributed by atoms with Crippen molar-refractivity contribution in [1.82, 2.24) is 10.3 Å². The number of halogens is 2. The molecular formula is C19H18Cl2N4S2. The topological polar surface area (TPSA) is 49.3 Å². The summed E-state index contributed by atoms with van der Waals surface area (Å²) in [6, 6.07) is 12.1. The molecular weight excluding hydrogens is 419 g/mol. The lowest BCUT2D eigenvalue weighted by Crippen LogP contribution is -2.26. The van der Waals surface area contributed by atoms with E-state index in [1.807, 2.05) is 6.07 Å². The van der Waals surface area contributed by atoms with E-state index in [0.29, 0.717) is 10.0 Å². The van der Waals surface area contributed by atoms with Crippen molar-refractivity contribution in [3.05, 3.63) is 52.0 Å². The Morgan fingerprint density at radius 3 is 2.74 bits per heavy atom. The molecule has 1 saturated heterocycles. The minimum Gasteiger partial charge on any atom is -0.365 e. The van der Waals surface area contributed by atoms with Gasteiger partial charge in [0.25, 0.3) is 0 Å². The largest absolute Gasteiger partial charge is 0.365 e. The third kappa shape index (κ3) is 4.88. The van der Waals surface area contributed by atoms with Gasteiger partial charge in [0.05, 0.1) is 25.9 Å². The summed E-state index contributed by atoms with van der Waals surface area (Å²) in [7, 11) is 0. The second kappa shape index (κ2) is 8.69. The molecule has 8 heteroatoms. The molecule has 0 saturated carbocycles. The Morgan fingerprint density at radius 1 is 1.15 bits per heavy atom. The Hall–Kier alpha value is -1.47. The lowest BCUT2D eigenvalue weighted by Gasteiger charge is -2.14. The zero-order chi connectivity index (χ0) is 18.6. The van der Waals surface area contributed by atoms with Gasteiger partial charge in [-0.2, -0.15) is 0 Å². The number of nitrogens with zero attached hydrogens (tertiary/aromatic N) is 2. The summed E-state index contributed by atoms with van der Waals surface area (Å²) in [5.41, 5.74) is 3.13. The second-order valence-electron chi connectivity index (χ2n) is 6.14. The molecule has 0 spiro atoms. The van der Waals surface area contributed by atoms with Crippen LogP contribution in [0.5, 0.6) is 0 Å².